The van der Waals surface area contributed by atoms with Crippen LogP contribution in [0, 0.1) is 0 Å². The molecule has 7 heteroatoms. The van der Waals surface area contributed by atoms with Gasteiger partial charge in [-0.3, -0.25) is 0 Å². The molecule has 1 aromatic heterocycles. The van der Waals surface area contributed by atoms with Crippen molar-refractivity contribution in [1.82, 2.24) is 4.31 Å². The van der Waals surface area contributed by atoms with Gasteiger partial charge in [0.05, 0.1) is 0 Å². The van der Waals surface area contributed by atoms with Crippen molar-refractivity contribution in [2.45, 2.75) is 30.9 Å². The highest BCUT2D eigenvalue weighted by Gasteiger charge is 2.25. The van der Waals surface area contributed by atoms with E-state index in [1.54, 1.807) is 0 Å². The molecule has 0 radical (unpaired) electrons. The van der Waals surface area contributed by atoms with E-state index < -0.39 is 16.0 Å². The van der Waals surface area contributed by atoms with E-state index in [-0.39, 0.29) is 9.09 Å². The molecule has 1 N–H and O–H groups in total. The maximum atomic E-state index is 12.3. The Bertz CT molecular complexity index is 501. The van der Waals surface area contributed by atoms with E-state index in [9.17, 15) is 13.2 Å². The third-order valence-electron chi connectivity index (χ3n) is 2.33. The summed E-state index contributed by atoms with van der Waals surface area (Å²) in [6, 6.07) is 2.69. The fourth-order valence-electron chi connectivity index (χ4n) is 1.55. The minimum atomic E-state index is -3.55. The molecule has 102 valence electrons. The Balaban J connectivity index is 3.05. The molecule has 0 saturated carbocycles. The van der Waals surface area contributed by atoms with Crippen molar-refractivity contribution in [2.75, 3.05) is 13.1 Å². The number of sulfonamides is 1. The number of hydrogen-bond donors (Lipinski definition) is 1. The van der Waals surface area contributed by atoms with Crippen LogP contribution in [0.2, 0.25) is 0 Å². The molecule has 18 heavy (non-hydrogen) atoms. The van der Waals surface area contributed by atoms with Gasteiger partial charge in [0.15, 0.2) is 0 Å². The van der Waals surface area contributed by atoms with E-state index in [0.29, 0.717) is 13.1 Å². The first-order chi connectivity index (χ1) is 8.43. The molecule has 0 saturated heterocycles. The summed E-state index contributed by atoms with van der Waals surface area (Å²) in [4.78, 5) is 10.8. The van der Waals surface area contributed by atoms with Crippen molar-refractivity contribution in [1.29, 1.82) is 0 Å². The van der Waals surface area contributed by atoms with E-state index in [1.807, 2.05) is 13.8 Å². The summed E-state index contributed by atoms with van der Waals surface area (Å²) in [6.07, 6.45) is 1.47. The molecule has 5 nitrogen and oxygen atoms in total. The summed E-state index contributed by atoms with van der Waals surface area (Å²) in [5, 5.41) is 8.81. The van der Waals surface area contributed by atoms with E-state index in [2.05, 4.69) is 0 Å². The number of rotatable bonds is 7. The Morgan fingerprint density at radius 2 is 1.83 bits per heavy atom. The van der Waals surface area contributed by atoms with Crippen LogP contribution in [0.3, 0.4) is 0 Å². The molecular weight excluding hydrogens is 274 g/mol. The van der Waals surface area contributed by atoms with Gasteiger partial charge < -0.3 is 5.11 Å². The van der Waals surface area contributed by atoms with Gasteiger partial charge in [-0.1, -0.05) is 13.8 Å². The standard InChI is InChI=1S/C11H17NO4S2/c1-3-7-12(8-4-2)18(15,16)10-6-5-9(17-10)11(13)14/h5-6H,3-4,7-8H2,1-2H3,(H,13,14). The third kappa shape index (κ3) is 3.30. The lowest BCUT2D eigenvalue weighted by Gasteiger charge is -2.19. The largest absolute Gasteiger partial charge is 0.477 e. The highest BCUT2D eigenvalue weighted by Crippen LogP contribution is 2.25. The molecule has 0 unspecified atom stereocenters. The van der Waals surface area contributed by atoms with Crippen LogP contribution in [-0.2, 0) is 10.0 Å². The SMILES string of the molecule is CCCN(CCC)S(=O)(=O)c1ccc(C(=O)O)s1. The van der Waals surface area contributed by atoms with Crippen LogP contribution < -0.4 is 0 Å². The smallest absolute Gasteiger partial charge is 0.345 e. The average molecular weight is 291 g/mol. The first-order valence-corrected chi connectivity index (χ1v) is 8.02. The Labute approximate surface area is 111 Å². The van der Waals surface area contributed by atoms with Crippen molar-refractivity contribution in [3.63, 3.8) is 0 Å². The van der Waals surface area contributed by atoms with Gasteiger partial charge >= 0.3 is 5.97 Å². The molecule has 0 aliphatic carbocycles. The van der Waals surface area contributed by atoms with Crippen LogP contribution in [0.1, 0.15) is 36.4 Å². The lowest BCUT2D eigenvalue weighted by Crippen LogP contribution is -2.32. The molecular formula is C11H17NO4S2. The molecule has 0 bridgehead atoms. The highest BCUT2D eigenvalue weighted by molar-refractivity contribution is 7.91. The normalized spacial score (nSPS) is 11.9. The second kappa shape index (κ2) is 6.31. The summed E-state index contributed by atoms with van der Waals surface area (Å²) in [5.41, 5.74) is 0. The van der Waals surface area contributed by atoms with Gasteiger partial charge in [0.25, 0.3) is 10.0 Å². The average Bonchev–Trinajstić information content (AvgIpc) is 2.78. The fourth-order valence-corrected chi connectivity index (χ4v) is 4.48. The predicted octanol–water partition coefficient (Wildman–Crippen LogP) is 2.26. The summed E-state index contributed by atoms with van der Waals surface area (Å²) in [7, 11) is -3.55. The van der Waals surface area contributed by atoms with Crippen LogP contribution in [0.25, 0.3) is 0 Å². The lowest BCUT2D eigenvalue weighted by atomic mass is 10.4. The predicted molar refractivity (Wildman–Crippen MR) is 70.6 cm³/mol. The maximum Gasteiger partial charge on any atom is 0.345 e. The van der Waals surface area contributed by atoms with E-state index in [1.165, 1.54) is 16.4 Å². The quantitative estimate of drug-likeness (QED) is 0.836. The lowest BCUT2D eigenvalue weighted by molar-refractivity contribution is 0.0702. The summed E-state index contributed by atoms with van der Waals surface area (Å²) >= 11 is 0.799. The Morgan fingerprint density at radius 3 is 2.22 bits per heavy atom. The van der Waals surface area contributed by atoms with Gasteiger partial charge in [-0.2, -0.15) is 4.31 Å². The zero-order valence-electron chi connectivity index (χ0n) is 10.4. The summed E-state index contributed by atoms with van der Waals surface area (Å²) < 4.78 is 26.1. The maximum absolute atomic E-state index is 12.3. The van der Waals surface area contributed by atoms with Crippen LogP contribution in [-0.4, -0.2) is 36.9 Å². The van der Waals surface area contributed by atoms with Gasteiger partial charge in [-0.25, -0.2) is 13.2 Å². The van der Waals surface area contributed by atoms with Crippen molar-refractivity contribution in [2.24, 2.45) is 0 Å². The monoisotopic (exact) mass is 291 g/mol. The molecule has 1 heterocycles. The molecule has 0 aliphatic rings. The summed E-state index contributed by atoms with van der Waals surface area (Å²) in [6.45, 7) is 4.73. The van der Waals surface area contributed by atoms with Crippen molar-refractivity contribution in [3.8, 4) is 0 Å². The van der Waals surface area contributed by atoms with Crippen LogP contribution >= 0.6 is 11.3 Å². The van der Waals surface area contributed by atoms with E-state index >= 15 is 0 Å². The van der Waals surface area contributed by atoms with Crippen molar-refractivity contribution in [3.05, 3.63) is 17.0 Å². The third-order valence-corrected chi connectivity index (χ3v) is 5.77. The Hall–Kier alpha value is -0.920. The van der Waals surface area contributed by atoms with Crippen molar-refractivity contribution < 1.29 is 18.3 Å². The fraction of sp³-hybridized carbons (Fsp3) is 0.545. The van der Waals surface area contributed by atoms with Crippen LogP contribution in [0.15, 0.2) is 16.3 Å². The molecule has 0 amide bonds. The number of thiophene rings is 1. The molecule has 0 spiro atoms. The number of carboxylic acids is 1. The first-order valence-electron chi connectivity index (χ1n) is 5.76. The zero-order chi connectivity index (χ0) is 13.8. The van der Waals surface area contributed by atoms with Gasteiger partial charge in [0.1, 0.15) is 9.09 Å². The molecule has 0 aromatic carbocycles. The minimum absolute atomic E-state index is 0.0431. The zero-order valence-corrected chi connectivity index (χ0v) is 12.1. The number of hydrogen-bond acceptors (Lipinski definition) is 4. The second-order valence-corrected chi connectivity index (χ2v) is 7.08. The topological polar surface area (TPSA) is 74.7 Å². The van der Waals surface area contributed by atoms with Crippen molar-refractivity contribution >= 4 is 27.3 Å². The number of nitrogens with zero attached hydrogens (tertiary/aromatic N) is 1. The van der Waals surface area contributed by atoms with Crippen LogP contribution in [0.4, 0.5) is 0 Å². The number of aromatic carboxylic acids is 1. The molecule has 0 fully saturated rings. The van der Waals surface area contributed by atoms with E-state index in [0.717, 1.165) is 24.2 Å². The molecule has 1 rings (SSSR count). The highest BCUT2D eigenvalue weighted by atomic mass is 32.2. The minimum Gasteiger partial charge on any atom is -0.477 e. The Morgan fingerprint density at radius 1 is 1.28 bits per heavy atom. The molecule has 0 aliphatic heterocycles. The van der Waals surface area contributed by atoms with Gasteiger partial charge in [-0.05, 0) is 25.0 Å². The van der Waals surface area contributed by atoms with E-state index in [4.69, 9.17) is 5.11 Å². The van der Waals surface area contributed by atoms with Gasteiger partial charge in [0, 0.05) is 13.1 Å². The van der Waals surface area contributed by atoms with Gasteiger partial charge in [0.2, 0.25) is 0 Å². The number of carboxylic acid groups (broad SMARTS) is 1. The Kier molecular flexibility index (Phi) is 5.30. The second-order valence-electron chi connectivity index (χ2n) is 3.83. The summed E-state index contributed by atoms with van der Waals surface area (Å²) in [5.74, 6) is -1.10. The van der Waals surface area contributed by atoms with Gasteiger partial charge in [-0.15, -0.1) is 11.3 Å². The first kappa shape index (κ1) is 15.1. The number of carbonyl (C=O) groups is 1. The molecule has 0 atom stereocenters. The van der Waals surface area contributed by atoms with Crippen LogP contribution in [0.5, 0.6) is 0 Å². The molecule has 1 aromatic rings.